The van der Waals surface area contributed by atoms with Crippen molar-refractivity contribution in [2.24, 2.45) is 0 Å². The fourth-order valence-electron chi connectivity index (χ4n) is 1.44. The van der Waals surface area contributed by atoms with Crippen LogP contribution in [0.1, 0.15) is 18.9 Å². The molecule has 0 amide bonds. The summed E-state index contributed by atoms with van der Waals surface area (Å²) in [5, 5.41) is 18.6. The Balaban J connectivity index is 3.00. The summed E-state index contributed by atoms with van der Waals surface area (Å²) in [6.07, 6.45) is -0.106. The Labute approximate surface area is 93.3 Å². The Morgan fingerprint density at radius 3 is 2.33 bits per heavy atom. The van der Waals surface area contributed by atoms with Crippen LogP contribution < -0.4 is 0 Å². The topological polar surface area (TPSA) is 57.5 Å². The lowest BCUT2D eigenvalue weighted by Crippen LogP contribution is -2.29. The van der Waals surface area contributed by atoms with Gasteiger partial charge in [-0.2, -0.15) is 0 Å². The number of aliphatic hydroxyl groups excluding tert-OH is 1. The number of benzene rings is 1. The van der Waals surface area contributed by atoms with Crippen LogP contribution in [0.15, 0.2) is 24.3 Å². The molecule has 1 aromatic rings. The number of carboxylic acids is 1. The van der Waals surface area contributed by atoms with Gasteiger partial charge in [0.1, 0.15) is 0 Å². The van der Waals surface area contributed by atoms with Crippen LogP contribution >= 0.6 is 11.6 Å². The number of hydrogen-bond acceptors (Lipinski definition) is 2. The molecule has 0 heterocycles. The molecule has 1 atom stereocenters. The minimum absolute atomic E-state index is 0.106. The number of aliphatic carboxylic acids is 1. The van der Waals surface area contributed by atoms with Gasteiger partial charge >= 0.3 is 5.97 Å². The first-order valence-electron chi connectivity index (χ1n) is 4.56. The summed E-state index contributed by atoms with van der Waals surface area (Å²) < 4.78 is 0. The zero-order valence-electron chi connectivity index (χ0n) is 8.40. The lowest BCUT2D eigenvalue weighted by atomic mass is 9.80. The van der Waals surface area contributed by atoms with E-state index in [-0.39, 0.29) is 13.0 Å². The number of hydrogen-bond donors (Lipinski definition) is 2. The molecule has 0 aliphatic heterocycles. The number of carboxylic acid groups (broad SMARTS) is 1. The van der Waals surface area contributed by atoms with Crippen LogP contribution in [0.25, 0.3) is 0 Å². The zero-order chi connectivity index (χ0) is 11.5. The monoisotopic (exact) mass is 228 g/mol. The van der Waals surface area contributed by atoms with Crippen molar-refractivity contribution < 1.29 is 15.0 Å². The summed E-state index contributed by atoms with van der Waals surface area (Å²) in [6, 6.07) is 6.85. The van der Waals surface area contributed by atoms with E-state index in [9.17, 15) is 9.90 Å². The summed E-state index contributed by atoms with van der Waals surface area (Å²) in [5.41, 5.74) is 0.0213. The molecule has 15 heavy (non-hydrogen) atoms. The molecule has 0 aliphatic carbocycles. The molecule has 0 fully saturated rings. The molecule has 0 radical (unpaired) electrons. The number of halogens is 1. The predicted molar refractivity (Wildman–Crippen MR) is 58.1 cm³/mol. The summed E-state index contributed by atoms with van der Waals surface area (Å²) >= 11 is 5.73. The second-order valence-corrected chi connectivity index (χ2v) is 4.23. The van der Waals surface area contributed by atoms with Gasteiger partial charge in [-0.1, -0.05) is 30.7 Å². The lowest BCUT2D eigenvalue weighted by molar-refractivity contribution is -0.138. The first kappa shape index (κ1) is 12.0. The molecule has 1 rings (SSSR count). The maximum atomic E-state index is 10.7. The standard InChI is InChI=1S/C11H13ClO3/c1-11(7-13,6-10(14)15)8-2-4-9(12)5-3-8/h2-5,13H,6-7H2,1H3,(H,14,15). The van der Waals surface area contributed by atoms with Gasteiger partial charge in [-0.05, 0) is 17.7 Å². The normalized spacial score (nSPS) is 14.6. The molecule has 82 valence electrons. The highest BCUT2D eigenvalue weighted by Crippen LogP contribution is 2.28. The van der Waals surface area contributed by atoms with Gasteiger partial charge in [-0.25, -0.2) is 0 Å². The maximum Gasteiger partial charge on any atom is 0.304 e. The van der Waals surface area contributed by atoms with Gasteiger partial charge < -0.3 is 10.2 Å². The molecule has 0 spiro atoms. The van der Waals surface area contributed by atoms with Crippen molar-refractivity contribution in [3.05, 3.63) is 34.9 Å². The first-order valence-corrected chi connectivity index (χ1v) is 4.94. The van der Waals surface area contributed by atoms with E-state index in [1.807, 2.05) is 0 Å². The summed E-state index contributed by atoms with van der Waals surface area (Å²) in [4.78, 5) is 10.7. The molecule has 1 unspecified atom stereocenters. The van der Waals surface area contributed by atoms with Gasteiger partial charge in [0.05, 0.1) is 13.0 Å². The molecular weight excluding hydrogens is 216 g/mol. The molecule has 0 saturated heterocycles. The van der Waals surface area contributed by atoms with Gasteiger partial charge in [0, 0.05) is 10.4 Å². The van der Waals surface area contributed by atoms with E-state index in [1.54, 1.807) is 31.2 Å². The van der Waals surface area contributed by atoms with E-state index < -0.39 is 11.4 Å². The Hall–Kier alpha value is -1.06. The minimum atomic E-state index is -0.929. The second-order valence-electron chi connectivity index (χ2n) is 3.80. The molecule has 1 aromatic carbocycles. The molecule has 0 aliphatic rings. The van der Waals surface area contributed by atoms with Crippen LogP contribution in [0.2, 0.25) is 5.02 Å². The summed E-state index contributed by atoms with van der Waals surface area (Å²) in [7, 11) is 0. The van der Waals surface area contributed by atoms with E-state index in [2.05, 4.69) is 0 Å². The van der Waals surface area contributed by atoms with Crippen LogP contribution in [-0.2, 0) is 10.2 Å². The molecule has 0 bridgehead atoms. The highest BCUT2D eigenvalue weighted by molar-refractivity contribution is 6.30. The Morgan fingerprint density at radius 1 is 1.40 bits per heavy atom. The minimum Gasteiger partial charge on any atom is -0.481 e. The molecule has 2 N–H and O–H groups in total. The van der Waals surface area contributed by atoms with Crippen LogP contribution in [0.4, 0.5) is 0 Å². The molecule has 0 saturated carbocycles. The van der Waals surface area contributed by atoms with Gasteiger partial charge in [-0.3, -0.25) is 4.79 Å². The van der Waals surface area contributed by atoms with Crippen molar-refractivity contribution in [2.75, 3.05) is 6.61 Å². The van der Waals surface area contributed by atoms with Crippen LogP contribution in [0.3, 0.4) is 0 Å². The molecule has 3 nitrogen and oxygen atoms in total. The Bertz CT molecular complexity index is 347. The maximum absolute atomic E-state index is 10.7. The van der Waals surface area contributed by atoms with Crippen molar-refractivity contribution >= 4 is 17.6 Å². The molecule has 0 aromatic heterocycles. The second kappa shape index (κ2) is 4.64. The third kappa shape index (κ3) is 2.94. The highest BCUT2D eigenvalue weighted by atomic mass is 35.5. The van der Waals surface area contributed by atoms with Crippen molar-refractivity contribution in [3.8, 4) is 0 Å². The Kier molecular flexibility index (Phi) is 3.72. The lowest BCUT2D eigenvalue weighted by Gasteiger charge is -2.25. The van der Waals surface area contributed by atoms with Gasteiger partial charge in [-0.15, -0.1) is 0 Å². The molecular formula is C11H13ClO3. The smallest absolute Gasteiger partial charge is 0.304 e. The van der Waals surface area contributed by atoms with E-state index in [0.717, 1.165) is 5.56 Å². The fraction of sp³-hybridized carbons (Fsp3) is 0.364. The van der Waals surface area contributed by atoms with Crippen LogP contribution in [0, 0.1) is 0 Å². The van der Waals surface area contributed by atoms with Crippen molar-refractivity contribution in [1.29, 1.82) is 0 Å². The highest BCUT2D eigenvalue weighted by Gasteiger charge is 2.28. The fourth-order valence-corrected chi connectivity index (χ4v) is 1.56. The predicted octanol–water partition coefficient (Wildman–Crippen LogP) is 2.06. The van der Waals surface area contributed by atoms with E-state index in [4.69, 9.17) is 16.7 Å². The van der Waals surface area contributed by atoms with Crippen molar-refractivity contribution in [3.63, 3.8) is 0 Å². The van der Waals surface area contributed by atoms with E-state index >= 15 is 0 Å². The quantitative estimate of drug-likeness (QED) is 0.830. The number of rotatable bonds is 4. The average molecular weight is 229 g/mol. The number of aliphatic hydroxyl groups is 1. The first-order chi connectivity index (χ1) is 6.98. The average Bonchev–Trinajstić information content (AvgIpc) is 2.17. The molecule has 4 heteroatoms. The van der Waals surface area contributed by atoms with Crippen molar-refractivity contribution in [1.82, 2.24) is 0 Å². The van der Waals surface area contributed by atoms with E-state index in [0.29, 0.717) is 5.02 Å². The SMILES string of the molecule is CC(CO)(CC(=O)O)c1ccc(Cl)cc1. The third-order valence-corrected chi connectivity index (χ3v) is 2.68. The van der Waals surface area contributed by atoms with Gasteiger partial charge in [0.2, 0.25) is 0 Å². The van der Waals surface area contributed by atoms with Gasteiger partial charge in [0.15, 0.2) is 0 Å². The third-order valence-electron chi connectivity index (χ3n) is 2.43. The van der Waals surface area contributed by atoms with Crippen LogP contribution in [-0.4, -0.2) is 22.8 Å². The summed E-state index contributed by atoms with van der Waals surface area (Å²) in [5.74, 6) is -0.929. The number of carbonyl (C=O) groups is 1. The largest absolute Gasteiger partial charge is 0.481 e. The van der Waals surface area contributed by atoms with E-state index in [1.165, 1.54) is 0 Å². The van der Waals surface area contributed by atoms with Gasteiger partial charge in [0.25, 0.3) is 0 Å². The zero-order valence-corrected chi connectivity index (χ0v) is 9.16. The Morgan fingerprint density at radius 2 is 1.93 bits per heavy atom. The van der Waals surface area contributed by atoms with Crippen LogP contribution in [0.5, 0.6) is 0 Å². The summed E-state index contributed by atoms with van der Waals surface area (Å²) in [6.45, 7) is 1.51. The van der Waals surface area contributed by atoms with Crippen molar-refractivity contribution in [2.45, 2.75) is 18.8 Å².